The zero-order chi connectivity index (χ0) is 28.6. The highest BCUT2D eigenvalue weighted by atomic mass is 28.1. The van der Waals surface area contributed by atoms with Crippen molar-refractivity contribution in [2.24, 2.45) is 0 Å². The maximum Gasteiger partial charge on any atom is 0.460 e. The average Bonchev–Trinajstić information content (AvgIpc) is 2.58. The minimum atomic E-state index is -9.21. The molecule has 0 radical (unpaired) electrons. The van der Waals surface area contributed by atoms with Crippen LogP contribution in [0.15, 0.2) is 0 Å². The maximum atomic E-state index is 13.3. The van der Waals surface area contributed by atoms with Crippen LogP contribution >= 0.6 is 0 Å². The topological polar surface area (TPSA) is 17.1 Å². The summed E-state index contributed by atoms with van der Waals surface area (Å²) in [6.07, 6.45) is -8.02. The van der Waals surface area contributed by atoms with Gasteiger partial charge in [-0.2, -0.15) is 92.2 Å². The lowest BCUT2D eigenvalue weighted by Crippen LogP contribution is -2.77. The summed E-state index contributed by atoms with van der Waals surface area (Å²) in [6.45, 7) is 0. The number of carbonyl (C=O) groups is 1. The molecule has 0 fully saturated rings. The molecule has 0 aliphatic heterocycles. The van der Waals surface area contributed by atoms with E-state index < -0.39 is 75.1 Å². The van der Waals surface area contributed by atoms with Crippen LogP contribution in [0.3, 0.4) is 0 Å². The molecular formula is C11H3F21OSi. The van der Waals surface area contributed by atoms with E-state index in [1.165, 1.54) is 0 Å². The molecule has 0 spiro atoms. The summed E-state index contributed by atoms with van der Waals surface area (Å²) in [5.74, 6) is -77.9. The standard InChI is InChI=1S/C11H3F21OSi/c12-2(13,1(33)34)3(14,15)4(16,17)5(18,19)6(20,21)7(22,23)8(24,25)9(26,27)10(28,29)11(30,31)32/h34H3. The molecule has 0 rings (SSSR count). The van der Waals surface area contributed by atoms with E-state index in [2.05, 4.69) is 0 Å². The first-order chi connectivity index (χ1) is 14.2. The van der Waals surface area contributed by atoms with Gasteiger partial charge in [-0.15, -0.1) is 0 Å². The highest BCUT2D eigenvalue weighted by molar-refractivity contribution is 6.59. The minimum absolute atomic E-state index is 1.96. The molecule has 0 aliphatic carbocycles. The van der Waals surface area contributed by atoms with Gasteiger partial charge in [-0.05, 0) is 0 Å². The van der Waals surface area contributed by atoms with Gasteiger partial charge < -0.3 is 0 Å². The van der Waals surface area contributed by atoms with E-state index in [0.29, 0.717) is 0 Å². The smallest absolute Gasteiger partial charge is 0.300 e. The lowest BCUT2D eigenvalue weighted by Gasteiger charge is -2.44. The summed E-state index contributed by atoms with van der Waals surface area (Å²) >= 11 is 0. The van der Waals surface area contributed by atoms with Crippen LogP contribution in [0, 0.1) is 0 Å². The highest BCUT2D eigenvalue weighted by Crippen LogP contribution is 2.66. The van der Waals surface area contributed by atoms with Crippen molar-refractivity contribution >= 4 is 15.6 Å². The van der Waals surface area contributed by atoms with Crippen LogP contribution in [-0.2, 0) is 4.79 Å². The predicted octanol–water partition coefficient (Wildman–Crippen LogP) is 5.16. The zero-order valence-electron chi connectivity index (χ0n) is 14.8. The Kier molecular flexibility index (Phi) is 7.35. The van der Waals surface area contributed by atoms with Gasteiger partial charge in [-0.25, -0.2) is 0 Å². The van der Waals surface area contributed by atoms with Gasteiger partial charge in [0.15, 0.2) is 5.41 Å². The molecule has 0 aromatic rings. The first-order valence-corrected chi connectivity index (χ1v) is 8.17. The van der Waals surface area contributed by atoms with Crippen LogP contribution < -0.4 is 0 Å². The van der Waals surface area contributed by atoms with Gasteiger partial charge in [-0.1, -0.05) is 0 Å². The van der Waals surface area contributed by atoms with E-state index in [1.807, 2.05) is 0 Å². The number of rotatable bonds is 9. The lowest BCUT2D eigenvalue weighted by atomic mass is 9.86. The summed E-state index contributed by atoms with van der Waals surface area (Å²) in [4.78, 5) is 10.3. The second-order valence-electron chi connectivity index (χ2n) is 6.22. The van der Waals surface area contributed by atoms with Crippen molar-refractivity contribution in [3.63, 3.8) is 0 Å². The fourth-order valence-corrected chi connectivity index (χ4v) is 2.09. The fraction of sp³-hybridized carbons (Fsp3) is 0.909. The molecule has 0 aliphatic rings. The van der Waals surface area contributed by atoms with E-state index in [1.54, 1.807) is 0 Å². The van der Waals surface area contributed by atoms with E-state index in [9.17, 15) is 97.0 Å². The molecule has 0 aromatic heterocycles. The molecule has 0 N–H and O–H groups in total. The minimum Gasteiger partial charge on any atom is -0.300 e. The van der Waals surface area contributed by atoms with Crippen LogP contribution in [0.1, 0.15) is 0 Å². The van der Waals surface area contributed by atoms with E-state index in [4.69, 9.17) is 0 Å². The molecule has 34 heavy (non-hydrogen) atoms. The Morgan fingerprint density at radius 2 is 0.529 bits per heavy atom. The van der Waals surface area contributed by atoms with Gasteiger partial charge in [-0.3, -0.25) is 4.79 Å². The number of carbonyl (C=O) groups excluding carboxylic acids is 1. The molecule has 0 unspecified atom stereocenters. The monoisotopic (exact) mass is 578 g/mol. The summed E-state index contributed by atoms with van der Waals surface area (Å²) in [7, 11) is -1.96. The van der Waals surface area contributed by atoms with Crippen LogP contribution in [0.25, 0.3) is 0 Å². The van der Waals surface area contributed by atoms with E-state index in [0.717, 1.165) is 0 Å². The lowest BCUT2D eigenvalue weighted by molar-refractivity contribution is -0.472. The van der Waals surface area contributed by atoms with Crippen LogP contribution in [0.5, 0.6) is 0 Å². The van der Waals surface area contributed by atoms with Crippen molar-refractivity contribution in [1.29, 1.82) is 0 Å². The third kappa shape index (κ3) is 3.61. The Morgan fingerprint density at radius 3 is 0.706 bits per heavy atom. The van der Waals surface area contributed by atoms with Gasteiger partial charge in [0.25, 0.3) is 0 Å². The Bertz CT molecular complexity index is 791. The number of hydrogen-bond acceptors (Lipinski definition) is 1. The van der Waals surface area contributed by atoms with Crippen molar-refractivity contribution in [2.45, 2.75) is 59.5 Å². The Morgan fingerprint density at radius 1 is 0.353 bits per heavy atom. The van der Waals surface area contributed by atoms with Gasteiger partial charge in [0.2, 0.25) is 0 Å². The van der Waals surface area contributed by atoms with Crippen molar-refractivity contribution in [2.75, 3.05) is 0 Å². The first-order valence-electron chi connectivity index (χ1n) is 7.17. The second-order valence-corrected chi connectivity index (χ2v) is 7.13. The predicted molar refractivity (Wildman–Crippen MR) is 65.5 cm³/mol. The third-order valence-corrected chi connectivity index (χ3v) is 4.58. The third-order valence-electron chi connectivity index (χ3n) is 3.95. The van der Waals surface area contributed by atoms with E-state index >= 15 is 0 Å². The van der Waals surface area contributed by atoms with Gasteiger partial charge in [0.05, 0.1) is 10.2 Å². The summed E-state index contributed by atoms with van der Waals surface area (Å²) in [6, 6.07) is 0. The molecule has 0 bridgehead atoms. The van der Waals surface area contributed by atoms with Crippen LogP contribution in [0.2, 0.25) is 0 Å². The molecule has 0 saturated heterocycles. The molecule has 0 amide bonds. The van der Waals surface area contributed by atoms with Crippen LogP contribution in [0.4, 0.5) is 92.2 Å². The molecule has 0 atom stereocenters. The summed E-state index contributed by atoms with van der Waals surface area (Å²) in [5.41, 5.74) is 0. The fourth-order valence-electron chi connectivity index (χ4n) is 1.78. The second kappa shape index (κ2) is 7.71. The molecule has 204 valence electrons. The first kappa shape index (κ1) is 32.4. The average molecular weight is 578 g/mol. The van der Waals surface area contributed by atoms with Crippen molar-refractivity contribution in [3.05, 3.63) is 0 Å². The van der Waals surface area contributed by atoms with Crippen LogP contribution in [-0.4, -0.2) is 75.1 Å². The van der Waals surface area contributed by atoms with Gasteiger partial charge >= 0.3 is 59.5 Å². The van der Waals surface area contributed by atoms with E-state index in [-0.39, 0.29) is 0 Å². The Labute approximate surface area is 173 Å². The number of hydrogen-bond donors (Lipinski definition) is 0. The molecule has 23 heteroatoms. The largest absolute Gasteiger partial charge is 0.460 e. The SMILES string of the molecule is O=C([SiH3])C(F)(F)C(F)(F)C(F)(F)C(F)(F)C(F)(F)C(F)(F)C(F)(F)C(F)(F)C(F)(F)C(F)(F)F. The van der Waals surface area contributed by atoms with Crippen molar-refractivity contribution in [3.8, 4) is 0 Å². The molecular weight excluding hydrogens is 575 g/mol. The normalized spacial score (nSPS) is 16.7. The highest BCUT2D eigenvalue weighted by Gasteiger charge is 2.98. The number of halogens is 21. The Hall–Kier alpha value is -1.58. The molecule has 0 saturated carbocycles. The summed E-state index contributed by atoms with van der Waals surface area (Å²) < 4.78 is 272. The molecule has 1 nitrogen and oxygen atoms in total. The maximum absolute atomic E-state index is 13.3. The Balaban J connectivity index is 7.11. The van der Waals surface area contributed by atoms with Crippen molar-refractivity contribution in [1.82, 2.24) is 0 Å². The number of alkyl halides is 21. The van der Waals surface area contributed by atoms with Crippen molar-refractivity contribution < 1.29 is 97.0 Å². The molecule has 0 heterocycles. The molecule has 0 aromatic carbocycles. The van der Waals surface area contributed by atoms with Gasteiger partial charge in [0.1, 0.15) is 0 Å². The van der Waals surface area contributed by atoms with Gasteiger partial charge in [0, 0.05) is 0 Å². The summed E-state index contributed by atoms with van der Waals surface area (Å²) in [5, 5.41) is -3.41. The zero-order valence-corrected chi connectivity index (χ0v) is 16.8. The quantitative estimate of drug-likeness (QED) is 0.273.